The second-order valence-corrected chi connectivity index (χ2v) is 8.71. The summed E-state index contributed by atoms with van der Waals surface area (Å²) >= 11 is 0. The molecule has 1 fully saturated rings. The number of Topliss-reactive ketones (excluding diaryl/α,β-unsaturated/α-hetero) is 1. The molecule has 36 heavy (non-hydrogen) atoms. The number of nitrogens with zero attached hydrogens (tertiary/aromatic N) is 2. The molecule has 9 heteroatoms. The third kappa shape index (κ3) is 4.38. The van der Waals surface area contributed by atoms with Gasteiger partial charge in [-0.3, -0.25) is 14.5 Å². The van der Waals surface area contributed by atoms with Crippen LogP contribution in [-0.2, 0) is 14.3 Å². The van der Waals surface area contributed by atoms with Gasteiger partial charge in [-0.05, 0) is 29.8 Å². The lowest BCUT2D eigenvalue weighted by molar-refractivity contribution is -0.129. The lowest BCUT2D eigenvalue weighted by atomic mass is 9.94. The van der Waals surface area contributed by atoms with Crippen LogP contribution >= 0.6 is 0 Å². The van der Waals surface area contributed by atoms with Crippen molar-refractivity contribution in [3.63, 3.8) is 0 Å². The molecule has 0 aliphatic carbocycles. The molecule has 1 aromatic heterocycles. The fourth-order valence-corrected chi connectivity index (χ4v) is 4.68. The van der Waals surface area contributed by atoms with Crippen LogP contribution in [0.25, 0.3) is 11.0 Å². The van der Waals surface area contributed by atoms with Crippen LogP contribution in [0.1, 0.15) is 32.5 Å². The molecule has 5 rings (SSSR count). The Morgan fingerprint density at radius 2 is 1.78 bits per heavy atom. The summed E-state index contributed by atoms with van der Waals surface area (Å²) in [5, 5.41) is 11.6. The predicted octanol–water partition coefficient (Wildman–Crippen LogP) is 3.13. The molecule has 1 amide bonds. The SMILES string of the molecule is COC(=O)c1ccc([C@@H]2C(C(=O)c3cc4ccccc4o3)=C(O)C(=O)N2CCN2CCOCC2)cc1. The summed E-state index contributed by atoms with van der Waals surface area (Å²) in [7, 11) is 1.30. The number of carbonyl (C=O) groups is 3. The molecule has 2 aliphatic rings. The van der Waals surface area contributed by atoms with Gasteiger partial charge in [0.25, 0.3) is 5.91 Å². The first kappa shape index (κ1) is 23.8. The zero-order valence-corrected chi connectivity index (χ0v) is 19.8. The lowest BCUT2D eigenvalue weighted by Gasteiger charge is -2.31. The number of benzene rings is 2. The van der Waals surface area contributed by atoms with Crippen molar-refractivity contribution in [2.75, 3.05) is 46.5 Å². The van der Waals surface area contributed by atoms with Gasteiger partial charge in [0.15, 0.2) is 11.5 Å². The van der Waals surface area contributed by atoms with E-state index in [1.165, 1.54) is 12.0 Å². The Bertz CT molecular complexity index is 1300. The summed E-state index contributed by atoms with van der Waals surface area (Å²) < 4.78 is 15.9. The van der Waals surface area contributed by atoms with Crippen molar-refractivity contribution >= 4 is 28.6 Å². The van der Waals surface area contributed by atoms with Crippen LogP contribution in [0.15, 0.2) is 70.3 Å². The highest BCUT2D eigenvalue weighted by Gasteiger charge is 2.44. The third-order valence-electron chi connectivity index (χ3n) is 6.61. The zero-order chi connectivity index (χ0) is 25.2. The smallest absolute Gasteiger partial charge is 0.337 e. The number of methoxy groups -OCH3 is 1. The molecule has 1 atom stereocenters. The first-order chi connectivity index (χ1) is 17.5. The van der Waals surface area contributed by atoms with E-state index < -0.39 is 29.5 Å². The number of ketones is 1. The molecular formula is C27H26N2O7. The van der Waals surface area contributed by atoms with E-state index in [0.717, 1.165) is 18.5 Å². The van der Waals surface area contributed by atoms with E-state index in [1.54, 1.807) is 42.5 Å². The van der Waals surface area contributed by atoms with E-state index in [2.05, 4.69) is 4.90 Å². The summed E-state index contributed by atoms with van der Waals surface area (Å²) in [6.07, 6.45) is 0. The number of morpholine rings is 1. The number of ether oxygens (including phenoxy) is 2. The third-order valence-corrected chi connectivity index (χ3v) is 6.61. The van der Waals surface area contributed by atoms with Crippen molar-refractivity contribution < 1.29 is 33.4 Å². The Morgan fingerprint density at radius 1 is 1.06 bits per heavy atom. The molecule has 0 spiro atoms. The number of furan rings is 1. The number of para-hydroxylation sites is 1. The second-order valence-electron chi connectivity index (χ2n) is 8.71. The molecule has 1 N–H and O–H groups in total. The van der Waals surface area contributed by atoms with Crippen molar-refractivity contribution in [2.24, 2.45) is 0 Å². The molecule has 186 valence electrons. The highest BCUT2D eigenvalue weighted by molar-refractivity contribution is 6.16. The standard InChI is InChI=1S/C27H26N2O7/c1-34-27(33)18-8-6-17(7-9-18)23-22(24(30)21-16-19-4-2-3-5-20(19)36-21)25(31)26(32)29(23)11-10-28-12-14-35-15-13-28/h2-9,16,23,31H,10-15H2,1H3/t23-/m1/s1. The van der Waals surface area contributed by atoms with Crippen LogP contribution in [0.4, 0.5) is 0 Å². The van der Waals surface area contributed by atoms with Crippen molar-refractivity contribution in [3.8, 4) is 0 Å². The first-order valence-corrected chi connectivity index (χ1v) is 11.7. The highest BCUT2D eigenvalue weighted by Crippen LogP contribution is 2.39. The maximum absolute atomic E-state index is 13.6. The summed E-state index contributed by atoms with van der Waals surface area (Å²) in [6.45, 7) is 3.57. The minimum absolute atomic E-state index is 0.0387. The van der Waals surface area contributed by atoms with Crippen LogP contribution in [0.5, 0.6) is 0 Å². The fourth-order valence-electron chi connectivity index (χ4n) is 4.68. The van der Waals surface area contributed by atoms with Gasteiger partial charge in [-0.25, -0.2) is 4.79 Å². The predicted molar refractivity (Wildman–Crippen MR) is 130 cm³/mol. The number of fused-ring (bicyclic) bond motifs is 1. The molecule has 9 nitrogen and oxygen atoms in total. The van der Waals surface area contributed by atoms with Gasteiger partial charge in [-0.1, -0.05) is 30.3 Å². The van der Waals surface area contributed by atoms with Gasteiger partial charge in [0.05, 0.1) is 37.5 Å². The second kappa shape index (κ2) is 9.96. The van der Waals surface area contributed by atoms with Gasteiger partial charge in [0.2, 0.25) is 5.78 Å². The normalized spacial score (nSPS) is 18.8. The van der Waals surface area contributed by atoms with Crippen molar-refractivity contribution in [2.45, 2.75) is 6.04 Å². The number of aliphatic hydroxyl groups excluding tert-OH is 1. The first-order valence-electron chi connectivity index (χ1n) is 11.7. The van der Waals surface area contributed by atoms with Crippen LogP contribution in [-0.4, -0.2) is 79.1 Å². The number of esters is 1. The number of hydrogen-bond acceptors (Lipinski definition) is 8. The van der Waals surface area contributed by atoms with E-state index in [0.29, 0.717) is 43.0 Å². The number of aliphatic hydroxyl groups is 1. The van der Waals surface area contributed by atoms with Gasteiger partial charge in [0.1, 0.15) is 5.58 Å². The van der Waals surface area contributed by atoms with Gasteiger partial charge >= 0.3 is 5.97 Å². The van der Waals surface area contributed by atoms with E-state index in [-0.39, 0.29) is 11.3 Å². The Kier molecular flexibility index (Phi) is 6.58. The van der Waals surface area contributed by atoms with E-state index in [9.17, 15) is 19.5 Å². The Labute approximate surface area is 207 Å². The van der Waals surface area contributed by atoms with Crippen molar-refractivity contribution in [1.82, 2.24) is 9.80 Å². The summed E-state index contributed by atoms with van der Waals surface area (Å²) in [4.78, 5) is 42.4. The largest absolute Gasteiger partial charge is 0.503 e. The molecule has 1 saturated heterocycles. The van der Waals surface area contributed by atoms with Crippen LogP contribution in [0.3, 0.4) is 0 Å². The van der Waals surface area contributed by atoms with Crippen LogP contribution < -0.4 is 0 Å². The average Bonchev–Trinajstić information content (AvgIpc) is 3.46. The van der Waals surface area contributed by atoms with E-state index in [1.807, 2.05) is 12.1 Å². The molecule has 3 aromatic rings. The number of carbonyl (C=O) groups excluding carboxylic acids is 3. The van der Waals surface area contributed by atoms with Crippen molar-refractivity contribution in [1.29, 1.82) is 0 Å². The highest BCUT2D eigenvalue weighted by atomic mass is 16.5. The molecule has 0 saturated carbocycles. The summed E-state index contributed by atoms with van der Waals surface area (Å²) in [6, 6.07) is 14.4. The molecule has 0 radical (unpaired) electrons. The quantitative estimate of drug-likeness (QED) is 0.397. The zero-order valence-electron chi connectivity index (χ0n) is 19.8. The van der Waals surface area contributed by atoms with E-state index >= 15 is 0 Å². The molecular weight excluding hydrogens is 464 g/mol. The topological polar surface area (TPSA) is 110 Å². The van der Waals surface area contributed by atoms with Gasteiger partial charge in [-0.2, -0.15) is 0 Å². The maximum Gasteiger partial charge on any atom is 0.337 e. The molecule has 2 aliphatic heterocycles. The van der Waals surface area contributed by atoms with Crippen LogP contribution in [0.2, 0.25) is 0 Å². The maximum atomic E-state index is 13.6. The number of hydrogen-bond donors (Lipinski definition) is 1. The van der Waals surface area contributed by atoms with E-state index in [4.69, 9.17) is 13.9 Å². The molecule has 3 heterocycles. The number of rotatable bonds is 7. The van der Waals surface area contributed by atoms with Gasteiger partial charge in [-0.15, -0.1) is 0 Å². The Morgan fingerprint density at radius 3 is 2.47 bits per heavy atom. The monoisotopic (exact) mass is 490 g/mol. The van der Waals surface area contributed by atoms with Crippen LogP contribution in [0, 0.1) is 0 Å². The lowest BCUT2D eigenvalue weighted by Crippen LogP contribution is -2.43. The Hall–Kier alpha value is -3.95. The van der Waals surface area contributed by atoms with Gasteiger partial charge in [0, 0.05) is 31.6 Å². The van der Waals surface area contributed by atoms with Crippen molar-refractivity contribution in [3.05, 3.63) is 82.8 Å². The summed E-state index contributed by atoms with van der Waals surface area (Å²) in [5.41, 5.74) is 1.41. The summed E-state index contributed by atoms with van der Waals surface area (Å²) in [5.74, 6) is -2.23. The average molecular weight is 491 g/mol. The Balaban J connectivity index is 1.50. The molecule has 0 unspecified atom stereocenters. The molecule has 0 bridgehead atoms. The minimum Gasteiger partial charge on any atom is -0.503 e. The molecule has 2 aromatic carbocycles. The van der Waals surface area contributed by atoms with Gasteiger partial charge < -0.3 is 23.9 Å². The fraction of sp³-hybridized carbons (Fsp3) is 0.296. The number of amides is 1. The minimum atomic E-state index is -0.842.